The van der Waals surface area contributed by atoms with Crippen LogP contribution in [0.2, 0.25) is 0 Å². The third kappa shape index (κ3) is 3.20. The van der Waals surface area contributed by atoms with Crippen LogP contribution in [0.15, 0.2) is 29.0 Å². The molecule has 0 saturated heterocycles. The van der Waals surface area contributed by atoms with Crippen LogP contribution in [-0.4, -0.2) is 27.2 Å². The summed E-state index contributed by atoms with van der Waals surface area (Å²) >= 11 is 3.50. The fourth-order valence-electron chi connectivity index (χ4n) is 1.81. The summed E-state index contributed by atoms with van der Waals surface area (Å²) in [6.45, 7) is 2.63. The van der Waals surface area contributed by atoms with Crippen LogP contribution in [-0.2, 0) is 13.5 Å². The maximum absolute atomic E-state index is 11.8. The van der Waals surface area contributed by atoms with Crippen molar-refractivity contribution in [2.24, 2.45) is 7.05 Å². The summed E-state index contributed by atoms with van der Waals surface area (Å²) < 4.78 is 2.55. The van der Waals surface area contributed by atoms with Crippen molar-refractivity contribution in [1.82, 2.24) is 20.1 Å². The van der Waals surface area contributed by atoms with Gasteiger partial charge in [-0.25, -0.2) is 9.67 Å². The molecule has 0 aliphatic heterocycles. The molecule has 0 bridgehead atoms. The Morgan fingerprint density at radius 3 is 2.95 bits per heavy atom. The number of rotatable bonds is 4. The van der Waals surface area contributed by atoms with Gasteiger partial charge in [0.25, 0.3) is 5.91 Å². The van der Waals surface area contributed by atoms with E-state index in [-0.39, 0.29) is 5.91 Å². The molecule has 19 heavy (non-hydrogen) atoms. The molecule has 1 heterocycles. The monoisotopic (exact) mass is 322 g/mol. The van der Waals surface area contributed by atoms with Crippen LogP contribution < -0.4 is 5.32 Å². The zero-order valence-electron chi connectivity index (χ0n) is 10.9. The van der Waals surface area contributed by atoms with E-state index in [0.29, 0.717) is 12.4 Å². The number of carbonyl (C=O) groups excluding carboxylic acids is 1. The standard InChI is InChI=1S/C13H15BrN4O/c1-9-10(4-3-5-11(9)14)6-7-15-13(19)12-16-8-17-18(12)2/h3-5,8H,6-7H2,1-2H3,(H,15,19). The number of nitrogens with zero attached hydrogens (tertiary/aromatic N) is 3. The first-order chi connectivity index (χ1) is 9.09. The molecule has 2 rings (SSSR count). The second-order valence-corrected chi connectivity index (χ2v) is 5.09. The van der Waals surface area contributed by atoms with Crippen molar-refractivity contribution in [3.8, 4) is 0 Å². The predicted molar refractivity (Wildman–Crippen MR) is 75.9 cm³/mol. The normalized spacial score (nSPS) is 10.5. The molecule has 5 nitrogen and oxygen atoms in total. The molecule has 0 unspecified atom stereocenters. The smallest absolute Gasteiger partial charge is 0.288 e. The Kier molecular flexibility index (Phi) is 4.31. The number of aryl methyl sites for hydroxylation is 1. The van der Waals surface area contributed by atoms with Crippen molar-refractivity contribution < 1.29 is 4.79 Å². The molecular formula is C13H15BrN4O. The second kappa shape index (κ2) is 5.97. The fourth-order valence-corrected chi connectivity index (χ4v) is 2.22. The zero-order valence-corrected chi connectivity index (χ0v) is 12.4. The Bertz CT molecular complexity index is 594. The van der Waals surface area contributed by atoms with Crippen LogP contribution >= 0.6 is 15.9 Å². The van der Waals surface area contributed by atoms with Crippen LogP contribution in [0, 0.1) is 6.92 Å². The van der Waals surface area contributed by atoms with Crippen LogP contribution in [0.25, 0.3) is 0 Å². The molecule has 1 aromatic heterocycles. The number of hydrogen-bond donors (Lipinski definition) is 1. The molecule has 0 spiro atoms. The maximum atomic E-state index is 11.8. The van der Waals surface area contributed by atoms with Gasteiger partial charge in [0.1, 0.15) is 6.33 Å². The highest BCUT2D eigenvalue weighted by Gasteiger charge is 2.11. The highest BCUT2D eigenvalue weighted by molar-refractivity contribution is 9.10. The van der Waals surface area contributed by atoms with Crippen molar-refractivity contribution in [1.29, 1.82) is 0 Å². The van der Waals surface area contributed by atoms with Gasteiger partial charge in [-0.05, 0) is 30.5 Å². The van der Waals surface area contributed by atoms with Gasteiger partial charge in [0, 0.05) is 18.1 Å². The van der Waals surface area contributed by atoms with E-state index in [9.17, 15) is 4.79 Å². The number of hydrogen-bond acceptors (Lipinski definition) is 3. The molecule has 6 heteroatoms. The lowest BCUT2D eigenvalue weighted by molar-refractivity contribution is 0.0939. The average Bonchev–Trinajstić information content (AvgIpc) is 2.81. The minimum absolute atomic E-state index is 0.201. The van der Waals surface area contributed by atoms with E-state index >= 15 is 0 Å². The first-order valence-electron chi connectivity index (χ1n) is 5.96. The van der Waals surface area contributed by atoms with Gasteiger partial charge < -0.3 is 5.32 Å². The van der Waals surface area contributed by atoms with Crippen molar-refractivity contribution >= 4 is 21.8 Å². The summed E-state index contributed by atoms with van der Waals surface area (Å²) in [5.74, 6) is 0.124. The molecule has 0 aliphatic carbocycles. The summed E-state index contributed by atoms with van der Waals surface area (Å²) in [5.41, 5.74) is 2.42. The van der Waals surface area contributed by atoms with Gasteiger partial charge in [0.15, 0.2) is 0 Å². The largest absolute Gasteiger partial charge is 0.349 e. The molecule has 0 fully saturated rings. The van der Waals surface area contributed by atoms with Crippen LogP contribution in [0.5, 0.6) is 0 Å². The number of aromatic nitrogens is 3. The molecule has 2 aromatic rings. The van der Waals surface area contributed by atoms with Crippen molar-refractivity contribution in [2.45, 2.75) is 13.3 Å². The van der Waals surface area contributed by atoms with Gasteiger partial charge in [-0.1, -0.05) is 28.1 Å². The first kappa shape index (κ1) is 13.7. The lowest BCUT2D eigenvalue weighted by Crippen LogP contribution is -2.28. The molecule has 0 aliphatic rings. The molecule has 100 valence electrons. The summed E-state index contributed by atoms with van der Waals surface area (Å²) in [7, 11) is 1.69. The Balaban J connectivity index is 1.92. The molecule has 0 atom stereocenters. The van der Waals surface area contributed by atoms with Gasteiger partial charge in [-0.15, -0.1) is 0 Å². The SMILES string of the molecule is Cc1c(Br)cccc1CCNC(=O)c1ncnn1C. The summed E-state index contributed by atoms with van der Waals surface area (Å²) in [6, 6.07) is 6.07. The highest BCUT2D eigenvalue weighted by atomic mass is 79.9. The van der Waals surface area contributed by atoms with Gasteiger partial charge in [0.2, 0.25) is 5.82 Å². The first-order valence-corrected chi connectivity index (χ1v) is 6.75. The van der Waals surface area contributed by atoms with E-state index in [0.717, 1.165) is 10.9 Å². The molecule has 1 aromatic carbocycles. The molecule has 1 N–H and O–H groups in total. The lowest BCUT2D eigenvalue weighted by Gasteiger charge is -2.08. The highest BCUT2D eigenvalue weighted by Crippen LogP contribution is 2.19. The number of carbonyl (C=O) groups is 1. The second-order valence-electron chi connectivity index (χ2n) is 4.24. The average molecular weight is 323 g/mol. The Morgan fingerprint density at radius 1 is 1.47 bits per heavy atom. The molecular weight excluding hydrogens is 308 g/mol. The van der Waals surface area contributed by atoms with E-state index in [2.05, 4.69) is 44.3 Å². The number of nitrogens with one attached hydrogen (secondary N) is 1. The third-order valence-electron chi connectivity index (χ3n) is 2.97. The summed E-state index contributed by atoms with van der Waals surface area (Å²) in [4.78, 5) is 15.7. The third-order valence-corrected chi connectivity index (χ3v) is 3.83. The van der Waals surface area contributed by atoms with Gasteiger partial charge in [-0.2, -0.15) is 5.10 Å². The van der Waals surface area contributed by atoms with Crippen molar-refractivity contribution in [3.05, 3.63) is 46.0 Å². The summed E-state index contributed by atoms with van der Waals surface area (Å²) in [6.07, 6.45) is 2.15. The maximum Gasteiger partial charge on any atom is 0.288 e. The van der Waals surface area contributed by atoms with E-state index in [1.807, 2.05) is 12.1 Å². The zero-order chi connectivity index (χ0) is 13.8. The van der Waals surface area contributed by atoms with Crippen molar-refractivity contribution in [2.75, 3.05) is 6.54 Å². The van der Waals surface area contributed by atoms with Gasteiger partial charge in [-0.3, -0.25) is 4.79 Å². The van der Waals surface area contributed by atoms with Crippen LogP contribution in [0.1, 0.15) is 21.7 Å². The van der Waals surface area contributed by atoms with E-state index in [4.69, 9.17) is 0 Å². The van der Waals surface area contributed by atoms with Gasteiger partial charge in [0.05, 0.1) is 0 Å². The number of amides is 1. The van der Waals surface area contributed by atoms with E-state index in [1.165, 1.54) is 22.1 Å². The minimum atomic E-state index is -0.201. The van der Waals surface area contributed by atoms with E-state index < -0.39 is 0 Å². The van der Waals surface area contributed by atoms with Crippen LogP contribution in [0.3, 0.4) is 0 Å². The number of halogens is 1. The lowest BCUT2D eigenvalue weighted by atomic mass is 10.1. The van der Waals surface area contributed by atoms with Crippen LogP contribution in [0.4, 0.5) is 0 Å². The predicted octanol–water partition coefficient (Wildman–Crippen LogP) is 1.86. The molecule has 0 radical (unpaired) electrons. The minimum Gasteiger partial charge on any atom is -0.349 e. The quantitative estimate of drug-likeness (QED) is 0.934. The number of benzene rings is 1. The van der Waals surface area contributed by atoms with Crippen molar-refractivity contribution in [3.63, 3.8) is 0 Å². The molecule has 0 saturated carbocycles. The Morgan fingerprint density at radius 2 is 2.26 bits per heavy atom. The topological polar surface area (TPSA) is 59.8 Å². The van der Waals surface area contributed by atoms with E-state index in [1.54, 1.807) is 7.05 Å². The Hall–Kier alpha value is -1.69. The Labute approximate surface area is 120 Å². The fraction of sp³-hybridized carbons (Fsp3) is 0.308. The van der Waals surface area contributed by atoms with Gasteiger partial charge >= 0.3 is 0 Å². The summed E-state index contributed by atoms with van der Waals surface area (Å²) in [5, 5.41) is 6.71. The molecule has 1 amide bonds.